The van der Waals surface area contributed by atoms with Crippen LogP contribution in [0.1, 0.15) is 47.3 Å². The number of aromatic nitrogens is 1. The van der Waals surface area contributed by atoms with Gasteiger partial charge < -0.3 is 20.9 Å². The van der Waals surface area contributed by atoms with Gasteiger partial charge in [-0.1, -0.05) is 54.6 Å². The zero-order valence-electron chi connectivity index (χ0n) is 19.5. The number of nitrogen functional groups attached to an aromatic ring is 1. The third-order valence-electron chi connectivity index (χ3n) is 7.25. The maximum Gasteiger partial charge on any atom is 0.270 e. The molecular weight excluding hydrogens is 422 g/mol. The molecule has 0 saturated heterocycles. The van der Waals surface area contributed by atoms with Crippen LogP contribution >= 0.6 is 0 Å². The molecule has 1 fully saturated rings. The second-order valence-electron chi connectivity index (χ2n) is 9.43. The van der Waals surface area contributed by atoms with Gasteiger partial charge in [0.15, 0.2) is 0 Å². The lowest BCUT2D eigenvalue weighted by Crippen LogP contribution is -2.42. The minimum absolute atomic E-state index is 0.0151. The van der Waals surface area contributed by atoms with Crippen molar-refractivity contribution in [3.05, 3.63) is 83.6 Å². The van der Waals surface area contributed by atoms with Crippen LogP contribution in [0.25, 0.3) is 21.7 Å². The summed E-state index contributed by atoms with van der Waals surface area (Å²) in [6, 6.07) is 22.7. The Bertz CT molecular complexity index is 1380. The van der Waals surface area contributed by atoms with Crippen LogP contribution in [0.4, 0.5) is 0 Å². The Hall–Kier alpha value is -3.64. The standard InChI is InChI=1S/C28H31N5O/c1-32(23-13-11-22(29)12-14-23)28(34)26-15-19-9-10-20(27(30)31)16-25(19)33(26)17-21-7-4-6-18-5-2-3-8-24(18)21/h2-10,15-16,22-23H,11-14,17,29H2,1H3,(H3,30,31). The summed E-state index contributed by atoms with van der Waals surface area (Å²) in [5, 5.41) is 11.2. The molecule has 1 amide bonds. The fraction of sp³-hybridized carbons (Fsp3) is 0.286. The van der Waals surface area contributed by atoms with Gasteiger partial charge in [-0.15, -0.1) is 0 Å². The van der Waals surface area contributed by atoms with Gasteiger partial charge in [-0.05, 0) is 54.2 Å². The number of nitrogens with zero attached hydrogens (tertiary/aromatic N) is 2. The zero-order valence-corrected chi connectivity index (χ0v) is 19.5. The van der Waals surface area contributed by atoms with Gasteiger partial charge in [0.1, 0.15) is 11.5 Å². The molecule has 6 heteroatoms. The third kappa shape index (κ3) is 4.05. The molecule has 0 atom stereocenters. The average Bonchev–Trinajstić information content (AvgIpc) is 3.21. The predicted molar refractivity (Wildman–Crippen MR) is 138 cm³/mol. The molecule has 0 aliphatic heterocycles. The molecule has 34 heavy (non-hydrogen) atoms. The first kappa shape index (κ1) is 22.2. The lowest BCUT2D eigenvalue weighted by molar-refractivity contribution is 0.0680. The van der Waals surface area contributed by atoms with Crippen molar-refractivity contribution in [2.75, 3.05) is 7.05 Å². The van der Waals surface area contributed by atoms with E-state index < -0.39 is 0 Å². The summed E-state index contributed by atoms with van der Waals surface area (Å²) >= 11 is 0. The molecule has 1 aromatic heterocycles. The molecule has 6 nitrogen and oxygen atoms in total. The number of hydrogen-bond donors (Lipinski definition) is 3. The predicted octanol–water partition coefficient (Wildman–Crippen LogP) is 4.47. The topological polar surface area (TPSA) is 101 Å². The largest absolute Gasteiger partial charge is 0.384 e. The number of nitrogens with one attached hydrogen (secondary N) is 1. The van der Waals surface area contributed by atoms with E-state index in [4.69, 9.17) is 16.9 Å². The van der Waals surface area contributed by atoms with Crippen molar-refractivity contribution in [2.24, 2.45) is 11.5 Å². The van der Waals surface area contributed by atoms with Gasteiger partial charge in [0.25, 0.3) is 5.91 Å². The highest BCUT2D eigenvalue weighted by atomic mass is 16.2. The number of amides is 1. The van der Waals surface area contributed by atoms with Gasteiger partial charge in [0, 0.05) is 42.1 Å². The number of fused-ring (bicyclic) bond motifs is 2. The summed E-state index contributed by atoms with van der Waals surface area (Å²) in [6.07, 6.45) is 3.76. The summed E-state index contributed by atoms with van der Waals surface area (Å²) < 4.78 is 2.08. The fourth-order valence-electron chi connectivity index (χ4n) is 5.21. The molecule has 1 saturated carbocycles. The second kappa shape index (κ2) is 8.95. The highest BCUT2D eigenvalue weighted by molar-refractivity contribution is 6.02. The Kier molecular flexibility index (Phi) is 5.84. The van der Waals surface area contributed by atoms with Crippen molar-refractivity contribution in [1.82, 2.24) is 9.47 Å². The van der Waals surface area contributed by atoms with E-state index in [0.717, 1.165) is 42.1 Å². The minimum atomic E-state index is 0.0151. The Balaban J connectivity index is 1.60. The van der Waals surface area contributed by atoms with E-state index in [-0.39, 0.29) is 23.8 Å². The van der Waals surface area contributed by atoms with Gasteiger partial charge in [-0.3, -0.25) is 10.2 Å². The number of carbonyl (C=O) groups excluding carboxylic acids is 1. The van der Waals surface area contributed by atoms with Gasteiger partial charge in [0.05, 0.1) is 0 Å². The Morgan fingerprint density at radius 1 is 1.00 bits per heavy atom. The third-order valence-corrected chi connectivity index (χ3v) is 7.25. The van der Waals surface area contributed by atoms with E-state index in [9.17, 15) is 4.79 Å². The van der Waals surface area contributed by atoms with Crippen LogP contribution in [-0.2, 0) is 6.54 Å². The van der Waals surface area contributed by atoms with Gasteiger partial charge in [0.2, 0.25) is 0 Å². The SMILES string of the molecule is CN(C(=O)c1cc2ccc(C(=N)N)cc2n1Cc1cccc2ccccc12)C1CCC(N)CC1. The summed E-state index contributed by atoms with van der Waals surface area (Å²) in [5.74, 6) is 0.0321. The highest BCUT2D eigenvalue weighted by Crippen LogP contribution is 2.28. The number of carbonyl (C=O) groups is 1. The number of amidine groups is 1. The molecular formula is C28H31N5O. The van der Waals surface area contributed by atoms with Crippen LogP contribution in [0.5, 0.6) is 0 Å². The molecule has 4 aromatic rings. The second-order valence-corrected chi connectivity index (χ2v) is 9.43. The van der Waals surface area contributed by atoms with Crippen LogP contribution in [0.15, 0.2) is 66.7 Å². The van der Waals surface area contributed by atoms with Crippen LogP contribution in [0, 0.1) is 5.41 Å². The average molecular weight is 454 g/mol. The lowest BCUT2D eigenvalue weighted by atomic mass is 9.91. The van der Waals surface area contributed by atoms with E-state index in [1.165, 1.54) is 10.8 Å². The van der Waals surface area contributed by atoms with Gasteiger partial charge in [-0.25, -0.2) is 0 Å². The highest BCUT2D eigenvalue weighted by Gasteiger charge is 2.28. The molecule has 1 aliphatic rings. The van der Waals surface area contributed by atoms with Crippen LogP contribution in [0.2, 0.25) is 0 Å². The smallest absolute Gasteiger partial charge is 0.270 e. The summed E-state index contributed by atoms with van der Waals surface area (Å²) in [5.41, 5.74) is 15.2. The molecule has 174 valence electrons. The van der Waals surface area contributed by atoms with E-state index in [1.807, 2.05) is 48.3 Å². The quantitative estimate of drug-likeness (QED) is 0.307. The maximum atomic E-state index is 13.8. The molecule has 1 heterocycles. The van der Waals surface area contributed by atoms with Crippen molar-refractivity contribution < 1.29 is 4.79 Å². The lowest BCUT2D eigenvalue weighted by Gasteiger charge is -2.33. The van der Waals surface area contributed by atoms with Crippen molar-refractivity contribution in [1.29, 1.82) is 5.41 Å². The van der Waals surface area contributed by atoms with Crippen LogP contribution in [-0.4, -0.2) is 40.3 Å². The van der Waals surface area contributed by atoms with Crippen molar-refractivity contribution in [3.8, 4) is 0 Å². The first-order valence-electron chi connectivity index (χ1n) is 11.9. The number of rotatable bonds is 5. The molecule has 0 unspecified atom stereocenters. The molecule has 0 bridgehead atoms. The van der Waals surface area contributed by atoms with E-state index in [1.54, 1.807) is 0 Å². The van der Waals surface area contributed by atoms with E-state index >= 15 is 0 Å². The van der Waals surface area contributed by atoms with Gasteiger partial charge in [-0.2, -0.15) is 0 Å². The fourth-order valence-corrected chi connectivity index (χ4v) is 5.21. The van der Waals surface area contributed by atoms with Crippen molar-refractivity contribution in [2.45, 2.75) is 44.3 Å². The van der Waals surface area contributed by atoms with Crippen molar-refractivity contribution in [3.63, 3.8) is 0 Å². The number of benzene rings is 3. The number of nitrogens with two attached hydrogens (primary N) is 2. The maximum absolute atomic E-state index is 13.8. The molecule has 0 spiro atoms. The first-order chi connectivity index (χ1) is 16.4. The van der Waals surface area contributed by atoms with E-state index in [2.05, 4.69) is 34.9 Å². The number of hydrogen-bond acceptors (Lipinski definition) is 3. The molecule has 5 N–H and O–H groups in total. The van der Waals surface area contributed by atoms with Crippen LogP contribution in [0.3, 0.4) is 0 Å². The molecule has 3 aromatic carbocycles. The molecule has 1 aliphatic carbocycles. The molecule has 5 rings (SSSR count). The summed E-state index contributed by atoms with van der Waals surface area (Å²) in [6.45, 7) is 0.552. The summed E-state index contributed by atoms with van der Waals surface area (Å²) in [4.78, 5) is 15.7. The van der Waals surface area contributed by atoms with E-state index in [0.29, 0.717) is 17.8 Å². The normalized spacial score (nSPS) is 18.3. The Labute approximate surface area is 199 Å². The Morgan fingerprint density at radius 3 is 2.50 bits per heavy atom. The monoisotopic (exact) mass is 453 g/mol. The van der Waals surface area contributed by atoms with Crippen molar-refractivity contribution >= 4 is 33.4 Å². The van der Waals surface area contributed by atoms with Crippen LogP contribution < -0.4 is 11.5 Å². The summed E-state index contributed by atoms with van der Waals surface area (Å²) in [7, 11) is 1.91. The minimum Gasteiger partial charge on any atom is -0.384 e. The molecule has 0 radical (unpaired) electrons. The van der Waals surface area contributed by atoms with Gasteiger partial charge >= 0.3 is 0 Å². The zero-order chi connectivity index (χ0) is 23.8. The Morgan fingerprint density at radius 2 is 1.74 bits per heavy atom. The first-order valence-corrected chi connectivity index (χ1v) is 11.9.